The molecule has 1 aliphatic rings. The van der Waals surface area contributed by atoms with Gasteiger partial charge in [0.1, 0.15) is 5.75 Å². The molecule has 2 aromatic carbocycles. The van der Waals surface area contributed by atoms with Crippen LogP contribution in [0, 0.1) is 0 Å². The van der Waals surface area contributed by atoms with Gasteiger partial charge >= 0.3 is 0 Å². The highest BCUT2D eigenvalue weighted by atomic mass is 16.5. The van der Waals surface area contributed by atoms with Crippen molar-refractivity contribution in [1.82, 2.24) is 14.5 Å². The van der Waals surface area contributed by atoms with Crippen molar-refractivity contribution >= 4 is 16.9 Å². The Morgan fingerprint density at radius 1 is 1.19 bits per heavy atom. The molecule has 1 atom stereocenters. The molecule has 1 N–H and O–H groups in total. The summed E-state index contributed by atoms with van der Waals surface area (Å²) in [5.74, 6) is 0.368. The molecule has 7 heteroatoms. The summed E-state index contributed by atoms with van der Waals surface area (Å²) in [5, 5.41) is 0. The van der Waals surface area contributed by atoms with Gasteiger partial charge in [0.25, 0.3) is 5.91 Å². The van der Waals surface area contributed by atoms with Crippen LogP contribution in [0.25, 0.3) is 22.3 Å². The number of para-hydroxylation sites is 3. The first kappa shape index (κ1) is 20.2. The van der Waals surface area contributed by atoms with E-state index in [9.17, 15) is 4.79 Å². The van der Waals surface area contributed by atoms with E-state index in [0.717, 1.165) is 36.0 Å². The number of rotatable bonds is 4. The Kier molecular flexibility index (Phi) is 5.56. The van der Waals surface area contributed by atoms with Crippen LogP contribution in [0.15, 0.2) is 71.9 Å². The summed E-state index contributed by atoms with van der Waals surface area (Å²) in [7, 11) is 1.62. The van der Waals surface area contributed by atoms with Gasteiger partial charge in [0.15, 0.2) is 0 Å². The van der Waals surface area contributed by atoms with Crippen LogP contribution in [0.2, 0.25) is 0 Å². The first-order chi connectivity index (χ1) is 15.7. The molecule has 1 saturated heterocycles. The summed E-state index contributed by atoms with van der Waals surface area (Å²) in [6.45, 7) is 1.38. The van der Waals surface area contributed by atoms with E-state index in [4.69, 9.17) is 9.47 Å². The average Bonchev–Trinajstić information content (AvgIpc) is 3.22. The molecule has 0 unspecified atom stereocenters. The topological polar surface area (TPSA) is 81.5 Å². The van der Waals surface area contributed by atoms with Crippen molar-refractivity contribution in [1.29, 1.82) is 0 Å². The van der Waals surface area contributed by atoms with Crippen LogP contribution in [0.1, 0.15) is 29.2 Å². The quantitative estimate of drug-likeness (QED) is 0.530. The van der Waals surface area contributed by atoms with E-state index in [1.165, 1.54) is 0 Å². The molecule has 1 fully saturated rings. The maximum atomic E-state index is 13.2. The van der Waals surface area contributed by atoms with Crippen molar-refractivity contribution in [2.75, 3.05) is 20.3 Å². The Morgan fingerprint density at radius 2 is 2.03 bits per heavy atom. The number of imidazole rings is 1. The van der Waals surface area contributed by atoms with Crippen molar-refractivity contribution in [3.05, 3.63) is 78.0 Å². The summed E-state index contributed by atoms with van der Waals surface area (Å²) in [6, 6.07) is 19.2. The van der Waals surface area contributed by atoms with Crippen molar-refractivity contribution in [2.24, 2.45) is 4.99 Å². The second-order valence-electron chi connectivity index (χ2n) is 7.75. The molecule has 1 amide bonds. The number of nitrogens with zero attached hydrogens (tertiary/aromatic N) is 3. The van der Waals surface area contributed by atoms with Crippen LogP contribution in [-0.2, 0) is 4.74 Å². The molecule has 0 saturated carbocycles. The van der Waals surface area contributed by atoms with Gasteiger partial charge in [-0.05, 0) is 49.2 Å². The van der Waals surface area contributed by atoms with Gasteiger partial charge in [-0.3, -0.25) is 9.78 Å². The lowest BCUT2D eigenvalue weighted by Crippen LogP contribution is -2.30. The number of nitrogens with one attached hydrogen (secondary N) is 1. The highest BCUT2D eigenvalue weighted by molar-refractivity contribution is 5.96. The number of aromatic amines is 1. The Balaban J connectivity index is 1.57. The first-order valence-electron chi connectivity index (χ1n) is 10.7. The maximum absolute atomic E-state index is 13.2. The number of fused-ring (bicyclic) bond motifs is 1. The van der Waals surface area contributed by atoms with Gasteiger partial charge in [-0.15, -0.1) is 0 Å². The van der Waals surface area contributed by atoms with Crippen LogP contribution in [0.5, 0.6) is 5.75 Å². The zero-order valence-electron chi connectivity index (χ0n) is 17.8. The number of hydrogen-bond donors (Lipinski definition) is 1. The van der Waals surface area contributed by atoms with Crippen LogP contribution < -0.4 is 10.4 Å². The molecule has 3 heterocycles. The number of carbonyl (C=O) groups excluding carboxylic acids is 1. The van der Waals surface area contributed by atoms with Crippen LogP contribution in [0.4, 0.5) is 0 Å². The standard InChI is InChI=1S/C25H24N4O3/c1-31-23-11-5-2-8-19(23)21-15-17(12-13-26-21)24(30)28-25-27-20-9-3-4-10-22(20)29(25)18-7-6-14-32-16-18/h2-5,8-13,15,18H,6-7,14,16H2,1H3,(H,27,28,30)/t18-/m0/s1. The molecule has 4 aromatic rings. The fourth-order valence-corrected chi connectivity index (χ4v) is 4.19. The van der Waals surface area contributed by atoms with Gasteiger partial charge in [-0.2, -0.15) is 4.99 Å². The number of benzene rings is 2. The summed E-state index contributed by atoms with van der Waals surface area (Å²) < 4.78 is 13.2. The predicted octanol–water partition coefficient (Wildman–Crippen LogP) is 4.13. The third-order valence-corrected chi connectivity index (χ3v) is 5.74. The maximum Gasteiger partial charge on any atom is 0.280 e. The predicted molar refractivity (Wildman–Crippen MR) is 121 cm³/mol. The minimum atomic E-state index is -0.333. The highest BCUT2D eigenvalue weighted by Crippen LogP contribution is 2.28. The fourth-order valence-electron chi connectivity index (χ4n) is 4.19. The molecule has 162 valence electrons. The van der Waals surface area contributed by atoms with Crippen molar-refractivity contribution < 1.29 is 14.3 Å². The second kappa shape index (κ2) is 8.80. The molecule has 2 aromatic heterocycles. The number of methoxy groups -OCH3 is 1. The van der Waals surface area contributed by atoms with Gasteiger partial charge in [0.2, 0.25) is 5.62 Å². The molecule has 1 aliphatic heterocycles. The third-order valence-electron chi connectivity index (χ3n) is 5.74. The molecular weight excluding hydrogens is 404 g/mol. The second-order valence-corrected chi connectivity index (χ2v) is 7.75. The number of pyridine rings is 1. The Bertz CT molecular complexity index is 1330. The van der Waals surface area contributed by atoms with E-state index in [1.807, 2.05) is 48.5 Å². The van der Waals surface area contributed by atoms with Crippen LogP contribution in [-0.4, -0.2) is 40.8 Å². The average molecular weight is 428 g/mol. The first-order valence-corrected chi connectivity index (χ1v) is 10.7. The largest absolute Gasteiger partial charge is 0.496 e. The van der Waals surface area contributed by atoms with E-state index < -0.39 is 0 Å². The lowest BCUT2D eigenvalue weighted by atomic mass is 10.1. The van der Waals surface area contributed by atoms with Crippen LogP contribution >= 0.6 is 0 Å². The molecule has 0 aliphatic carbocycles. The minimum absolute atomic E-state index is 0.132. The molecule has 0 radical (unpaired) electrons. The van der Waals surface area contributed by atoms with Gasteiger partial charge in [0.05, 0.1) is 36.5 Å². The van der Waals surface area contributed by atoms with E-state index in [1.54, 1.807) is 25.4 Å². The Morgan fingerprint density at radius 3 is 2.88 bits per heavy atom. The monoisotopic (exact) mass is 428 g/mol. The smallest absolute Gasteiger partial charge is 0.280 e. The van der Waals surface area contributed by atoms with Gasteiger partial charge in [-0.25, -0.2) is 0 Å². The van der Waals surface area contributed by atoms with Crippen molar-refractivity contribution in [3.63, 3.8) is 0 Å². The lowest BCUT2D eigenvalue weighted by Gasteiger charge is -2.24. The van der Waals surface area contributed by atoms with Crippen LogP contribution in [0.3, 0.4) is 0 Å². The molecule has 7 nitrogen and oxygen atoms in total. The number of ether oxygens (including phenoxy) is 2. The van der Waals surface area contributed by atoms with Gasteiger partial charge in [0, 0.05) is 23.9 Å². The molecular formula is C25H24N4O3. The summed E-state index contributed by atoms with van der Waals surface area (Å²) in [6.07, 6.45) is 3.59. The number of amides is 1. The van der Waals surface area contributed by atoms with E-state index >= 15 is 0 Å². The van der Waals surface area contributed by atoms with Gasteiger partial charge in [-0.1, -0.05) is 24.3 Å². The number of aromatic nitrogens is 3. The Labute approximate surface area is 185 Å². The fraction of sp³-hybridized carbons (Fsp3) is 0.240. The zero-order chi connectivity index (χ0) is 21.9. The summed E-state index contributed by atoms with van der Waals surface area (Å²) >= 11 is 0. The van der Waals surface area contributed by atoms with E-state index in [0.29, 0.717) is 29.2 Å². The molecule has 0 bridgehead atoms. The highest BCUT2D eigenvalue weighted by Gasteiger charge is 2.20. The number of H-pyrrole nitrogens is 1. The van der Waals surface area contributed by atoms with E-state index in [-0.39, 0.29) is 11.9 Å². The number of carbonyl (C=O) groups is 1. The number of hydrogen-bond acceptors (Lipinski definition) is 4. The molecule has 5 rings (SSSR count). The minimum Gasteiger partial charge on any atom is -0.496 e. The summed E-state index contributed by atoms with van der Waals surface area (Å²) in [5.41, 5.74) is 4.43. The summed E-state index contributed by atoms with van der Waals surface area (Å²) in [4.78, 5) is 25.4. The van der Waals surface area contributed by atoms with E-state index in [2.05, 4.69) is 19.5 Å². The Hall–Kier alpha value is -3.71. The van der Waals surface area contributed by atoms with Crippen molar-refractivity contribution in [2.45, 2.75) is 18.9 Å². The lowest BCUT2D eigenvalue weighted by molar-refractivity contribution is 0.0590. The van der Waals surface area contributed by atoms with Gasteiger partial charge < -0.3 is 19.0 Å². The third kappa shape index (κ3) is 3.83. The SMILES string of the molecule is COc1ccccc1-c1cc(C(=O)/N=c2\[nH]c3ccccc3n2[C@H]2CCCOC2)ccn1. The normalized spacial score (nSPS) is 16.9. The zero-order valence-corrected chi connectivity index (χ0v) is 17.8. The molecule has 0 spiro atoms. The van der Waals surface area contributed by atoms with Crippen molar-refractivity contribution in [3.8, 4) is 17.0 Å². The molecule has 32 heavy (non-hydrogen) atoms.